The fourth-order valence-electron chi connectivity index (χ4n) is 1.71. The summed E-state index contributed by atoms with van der Waals surface area (Å²) in [5.74, 6) is -0.0638. The van der Waals surface area contributed by atoms with Crippen molar-refractivity contribution in [1.29, 1.82) is 5.26 Å². The Hall–Kier alpha value is -1.38. The first-order valence-electron chi connectivity index (χ1n) is 6.02. The Balaban J connectivity index is 2.91. The lowest BCUT2D eigenvalue weighted by atomic mass is 10.1. The van der Waals surface area contributed by atoms with Crippen molar-refractivity contribution >= 4 is 21.8 Å². The Morgan fingerprint density at radius 2 is 2.21 bits per heavy atom. The maximum atomic E-state index is 12.5. The van der Waals surface area contributed by atoms with Crippen molar-refractivity contribution in [2.24, 2.45) is 0 Å². The number of hydrogen-bond acceptors (Lipinski definition) is 3. The van der Waals surface area contributed by atoms with Crippen molar-refractivity contribution < 1.29 is 9.53 Å². The molecule has 0 saturated carbocycles. The van der Waals surface area contributed by atoms with E-state index in [-0.39, 0.29) is 5.91 Å². The van der Waals surface area contributed by atoms with Gasteiger partial charge in [0.15, 0.2) is 0 Å². The first-order valence-corrected chi connectivity index (χ1v) is 6.81. The van der Waals surface area contributed by atoms with Crippen molar-refractivity contribution in [3.63, 3.8) is 0 Å². The average Bonchev–Trinajstić information content (AvgIpc) is 2.41. The first-order chi connectivity index (χ1) is 9.11. The van der Waals surface area contributed by atoms with Crippen LogP contribution in [0.5, 0.6) is 0 Å². The summed E-state index contributed by atoms with van der Waals surface area (Å²) in [7, 11) is 1.59. The van der Waals surface area contributed by atoms with Gasteiger partial charge in [0, 0.05) is 30.2 Å². The summed E-state index contributed by atoms with van der Waals surface area (Å²) in [5, 5.41) is 8.66. The third kappa shape index (κ3) is 4.34. The van der Waals surface area contributed by atoms with Gasteiger partial charge in [-0.3, -0.25) is 4.79 Å². The van der Waals surface area contributed by atoms with Crippen molar-refractivity contribution in [3.05, 3.63) is 33.8 Å². The Morgan fingerprint density at radius 1 is 1.47 bits per heavy atom. The quantitative estimate of drug-likeness (QED) is 0.808. The zero-order valence-corrected chi connectivity index (χ0v) is 12.7. The number of amides is 1. The van der Waals surface area contributed by atoms with Gasteiger partial charge in [-0.05, 0) is 24.6 Å². The van der Waals surface area contributed by atoms with Crippen LogP contribution in [0.2, 0.25) is 0 Å². The van der Waals surface area contributed by atoms with Gasteiger partial charge >= 0.3 is 0 Å². The van der Waals surface area contributed by atoms with Gasteiger partial charge in [-0.2, -0.15) is 5.26 Å². The van der Waals surface area contributed by atoms with E-state index in [9.17, 15) is 4.79 Å². The fourth-order valence-corrected chi connectivity index (χ4v) is 2.08. The molecule has 0 N–H and O–H groups in total. The van der Waals surface area contributed by atoms with E-state index in [1.54, 1.807) is 18.1 Å². The third-order valence-electron chi connectivity index (χ3n) is 2.84. The average molecular weight is 325 g/mol. The van der Waals surface area contributed by atoms with Crippen molar-refractivity contribution in [1.82, 2.24) is 4.90 Å². The predicted molar refractivity (Wildman–Crippen MR) is 76.9 cm³/mol. The zero-order valence-electron chi connectivity index (χ0n) is 11.1. The molecule has 0 aromatic heterocycles. The number of nitriles is 1. The van der Waals surface area contributed by atoms with Crippen LogP contribution in [0, 0.1) is 18.3 Å². The van der Waals surface area contributed by atoms with Crippen molar-refractivity contribution in [2.75, 3.05) is 26.8 Å². The van der Waals surface area contributed by atoms with Crippen LogP contribution in [0.1, 0.15) is 22.3 Å². The summed E-state index contributed by atoms with van der Waals surface area (Å²) in [5.41, 5.74) is 1.57. The van der Waals surface area contributed by atoms with Crippen LogP contribution in [-0.2, 0) is 4.74 Å². The number of ether oxygens (including phenoxy) is 1. The van der Waals surface area contributed by atoms with Gasteiger partial charge in [-0.1, -0.05) is 22.0 Å². The topological polar surface area (TPSA) is 53.3 Å². The van der Waals surface area contributed by atoms with E-state index in [0.29, 0.717) is 31.7 Å². The molecule has 4 nitrogen and oxygen atoms in total. The lowest BCUT2D eigenvalue weighted by Crippen LogP contribution is -2.35. The van der Waals surface area contributed by atoms with Gasteiger partial charge in [0.05, 0.1) is 19.1 Å². The molecule has 102 valence electrons. The van der Waals surface area contributed by atoms with Gasteiger partial charge < -0.3 is 9.64 Å². The highest BCUT2D eigenvalue weighted by molar-refractivity contribution is 9.10. The molecule has 0 heterocycles. The molecule has 19 heavy (non-hydrogen) atoms. The fraction of sp³-hybridized carbons (Fsp3) is 0.429. The second-order valence-corrected chi connectivity index (χ2v) is 4.96. The number of benzene rings is 1. The third-order valence-corrected chi connectivity index (χ3v) is 3.70. The molecule has 1 aromatic carbocycles. The Kier molecular flexibility index (Phi) is 6.54. The normalized spacial score (nSPS) is 10.0. The minimum Gasteiger partial charge on any atom is -0.383 e. The van der Waals surface area contributed by atoms with Crippen molar-refractivity contribution in [2.45, 2.75) is 13.3 Å². The molecule has 1 amide bonds. The molecule has 0 fully saturated rings. The summed E-state index contributed by atoms with van der Waals surface area (Å²) < 4.78 is 5.91. The van der Waals surface area contributed by atoms with Crippen molar-refractivity contribution in [3.8, 4) is 6.07 Å². The molecule has 0 bridgehead atoms. The highest BCUT2D eigenvalue weighted by Crippen LogP contribution is 2.20. The smallest absolute Gasteiger partial charge is 0.254 e. The van der Waals surface area contributed by atoms with E-state index in [2.05, 4.69) is 22.0 Å². The van der Waals surface area contributed by atoms with Crippen LogP contribution in [0.25, 0.3) is 0 Å². The van der Waals surface area contributed by atoms with Gasteiger partial charge in [0.1, 0.15) is 0 Å². The van der Waals surface area contributed by atoms with E-state index in [4.69, 9.17) is 10.00 Å². The molecule has 0 spiro atoms. The van der Waals surface area contributed by atoms with E-state index >= 15 is 0 Å². The summed E-state index contributed by atoms with van der Waals surface area (Å²) in [6, 6.07) is 7.60. The minimum atomic E-state index is -0.0638. The maximum absolute atomic E-state index is 12.5. The van der Waals surface area contributed by atoms with E-state index in [1.807, 2.05) is 19.1 Å². The largest absolute Gasteiger partial charge is 0.383 e. The van der Waals surface area contributed by atoms with Gasteiger partial charge in [-0.15, -0.1) is 0 Å². The molecule has 0 atom stereocenters. The molecule has 0 aliphatic rings. The number of methoxy groups -OCH3 is 1. The summed E-state index contributed by atoms with van der Waals surface area (Å²) in [6.07, 6.45) is 0.322. The maximum Gasteiger partial charge on any atom is 0.254 e. The summed E-state index contributed by atoms with van der Waals surface area (Å²) >= 11 is 3.42. The molecule has 0 aliphatic heterocycles. The Morgan fingerprint density at radius 3 is 2.84 bits per heavy atom. The van der Waals surface area contributed by atoms with Crippen LogP contribution in [0.15, 0.2) is 22.7 Å². The Labute approximate surface area is 122 Å². The Bertz CT molecular complexity index is 483. The number of carbonyl (C=O) groups excluding carboxylic acids is 1. The van der Waals surface area contributed by atoms with Crippen LogP contribution in [0.4, 0.5) is 0 Å². The number of hydrogen-bond donors (Lipinski definition) is 0. The van der Waals surface area contributed by atoms with E-state index in [1.165, 1.54) is 0 Å². The molecule has 0 aliphatic carbocycles. The zero-order chi connectivity index (χ0) is 14.3. The lowest BCUT2D eigenvalue weighted by molar-refractivity contribution is 0.0699. The first kappa shape index (κ1) is 15.7. The summed E-state index contributed by atoms with van der Waals surface area (Å²) in [6.45, 7) is 3.27. The van der Waals surface area contributed by atoms with Gasteiger partial charge in [0.2, 0.25) is 0 Å². The van der Waals surface area contributed by atoms with Crippen LogP contribution >= 0.6 is 15.9 Å². The van der Waals surface area contributed by atoms with E-state index < -0.39 is 0 Å². The van der Waals surface area contributed by atoms with Crippen LogP contribution in [0.3, 0.4) is 0 Å². The number of halogens is 1. The molecule has 5 heteroatoms. The second kappa shape index (κ2) is 7.93. The van der Waals surface area contributed by atoms with Gasteiger partial charge in [-0.25, -0.2) is 0 Å². The minimum absolute atomic E-state index is 0.0638. The molecular weight excluding hydrogens is 308 g/mol. The molecule has 0 saturated heterocycles. The number of carbonyl (C=O) groups is 1. The monoisotopic (exact) mass is 324 g/mol. The summed E-state index contributed by atoms with van der Waals surface area (Å²) in [4.78, 5) is 14.1. The highest BCUT2D eigenvalue weighted by Gasteiger charge is 2.17. The molecule has 1 aromatic rings. The number of rotatable bonds is 6. The number of nitrogens with zero attached hydrogens (tertiary/aromatic N) is 2. The predicted octanol–water partition coefficient (Wildman–Crippen LogP) is 2.76. The standard InChI is InChI=1S/C14H17BrN2O2/c1-11-12(5-3-6-13(11)15)14(18)17(8-4-7-16)9-10-19-2/h3,5-6H,4,8-10H2,1-2H3. The van der Waals surface area contributed by atoms with Crippen LogP contribution in [-0.4, -0.2) is 37.6 Å². The lowest BCUT2D eigenvalue weighted by Gasteiger charge is -2.22. The van der Waals surface area contributed by atoms with Gasteiger partial charge in [0.25, 0.3) is 5.91 Å². The molecule has 0 unspecified atom stereocenters. The molecule has 0 radical (unpaired) electrons. The SMILES string of the molecule is COCCN(CCC#N)C(=O)c1cccc(Br)c1C. The molecule has 1 rings (SSSR count). The molecular formula is C14H17BrN2O2. The van der Waals surface area contributed by atoms with Crippen LogP contribution < -0.4 is 0 Å². The highest BCUT2D eigenvalue weighted by atomic mass is 79.9. The van der Waals surface area contributed by atoms with E-state index in [0.717, 1.165) is 10.0 Å². The second-order valence-electron chi connectivity index (χ2n) is 4.11.